The van der Waals surface area contributed by atoms with Gasteiger partial charge in [-0.25, -0.2) is 13.2 Å². The molecule has 0 aliphatic carbocycles. The zero-order chi connectivity index (χ0) is 18.3. The molecule has 0 heterocycles. The number of carboxylic acids is 1. The Morgan fingerprint density at radius 3 is 2.46 bits per heavy atom. The van der Waals surface area contributed by atoms with Crippen LogP contribution in [-0.2, 0) is 19.6 Å². The van der Waals surface area contributed by atoms with Crippen LogP contribution >= 0.6 is 0 Å². The first-order chi connectivity index (χ1) is 11.3. The second-order valence-electron chi connectivity index (χ2n) is 4.89. The van der Waals surface area contributed by atoms with E-state index in [4.69, 9.17) is 14.6 Å². The Bertz CT molecular complexity index is 700. The van der Waals surface area contributed by atoms with Gasteiger partial charge in [-0.2, -0.15) is 4.72 Å². The van der Waals surface area contributed by atoms with Crippen LogP contribution < -0.4 is 9.46 Å². The monoisotopic (exact) mass is 359 g/mol. The molecule has 134 valence electrons. The summed E-state index contributed by atoms with van der Waals surface area (Å²) in [6, 6.07) is 2.52. The van der Waals surface area contributed by atoms with Crippen LogP contribution in [0.3, 0.4) is 0 Å². The quantitative estimate of drug-likeness (QED) is 0.640. The van der Waals surface area contributed by atoms with Gasteiger partial charge < -0.3 is 14.6 Å². The normalized spacial score (nSPS) is 12.5. The van der Waals surface area contributed by atoms with E-state index in [1.54, 1.807) is 13.8 Å². The summed E-state index contributed by atoms with van der Waals surface area (Å²) < 4.78 is 37.0. The highest BCUT2D eigenvalue weighted by Crippen LogP contribution is 2.25. The van der Waals surface area contributed by atoms with Crippen LogP contribution in [0.15, 0.2) is 23.1 Å². The summed E-state index contributed by atoms with van der Waals surface area (Å²) in [5, 5.41) is 9.12. The Balaban J connectivity index is 3.27. The fourth-order valence-electron chi connectivity index (χ4n) is 2.00. The van der Waals surface area contributed by atoms with E-state index < -0.39 is 28.0 Å². The number of aliphatic carboxylic acids is 1. The Labute approximate surface area is 140 Å². The van der Waals surface area contributed by atoms with Crippen LogP contribution in [0.1, 0.15) is 37.0 Å². The van der Waals surface area contributed by atoms with E-state index in [0.29, 0.717) is 6.42 Å². The summed E-state index contributed by atoms with van der Waals surface area (Å²) in [6.07, 6.45) is 0.619. The van der Waals surface area contributed by atoms with Crippen molar-refractivity contribution >= 4 is 22.0 Å². The fourth-order valence-corrected chi connectivity index (χ4v) is 3.42. The fraction of sp³-hybridized carbons (Fsp3) is 0.467. The van der Waals surface area contributed by atoms with Gasteiger partial charge >= 0.3 is 11.9 Å². The Hall–Kier alpha value is -2.13. The highest BCUT2D eigenvalue weighted by molar-refractivity contribution is 7.89. The Kier molecular flexibility index (Phi) is 7.18. The lowest BCUT2D eigenvalue weighted by atomic mass is 10.2. The van der Waals surface area contributed by atoms with Crippen LogP contribution in [0, 0.1) is 0 Å². The molecule has 0 saturated carbocycles. The zero-order valence-electron chi connectivity index (χ0n) is 13.7. The minimum atomic E-state index is -4.20. The van der Waals surface area contributed by atoms with Crippen molar-refractivity contribution in [2.45, 2.75) is 37.6 Å². The topological polar surface area (TPSA) is 119 Å². The molecule has 0 aromatic heterocycles. The van der Waals surface area contributed by atoms with Crippen molar-refractivity contribution in [3.8, 4) is 5.75 Å². The lowest BCUT2D eigenvalue weighted by Crippen LogP contribution is -2.40. The van der Waals surface area contributed by atoms with Gasteiger partial charge in [0.05, 0.1) is 19.3 Å². The SMILES string of the molecule is CCCC(NS(=O)(=O)c1cc(C(=O)OCC)ccc1OC)C(=O)O. The van der Waals surface area contributed by atoms with E-state index in [-0.39, 0.29) is 29.2 Å². The molecule has 1 atom stereocenters. The molecule has 1 unspecified atom stereocenters. The van der Waals surface area contributed by atoms with Crippen molar-refractivity contribution in [3.05, 3.63) is 23.8 Å². The first-order valence-electron chi connectivity index (χ1n) is 7.37. The summed E-state index contributed by atoms with van der Waals surface area (Å²) in [7, 11) is -2.93. The summed E-state index contributed by atoms with van der Waals surface area (Å²) in [4.78, 5) is 22.6. The number of methoxy groups -OCH3 is 1. The zero-order valence-corrected chi connectivity index (χ0v) is 14.6. The molecule has 0 spiro atoms. The van der Waals surface area contributed by atoms with Gasteiger partial charge in [-0.3, -0.25) is 4.79 Å². The standard InChI is InChI=1S/C15H21NO7S/c1-4-6-11(14(17)18)16-24(20,21)13-9-10(15(19)23-5-2)7-8-12(13)22-3/h7-9,11,16H,4-6H2,1-3H3,(H,17,18). The van der Waals surface area contributed by atoms with Gasteiger partial charge in [0.25, 0.3) is 0 Å². The number of rotatable bonds is 9. The first kappa shape index (κ1) is 19.9. The molecular formula is C15H21NO7S. The minimum absolute atomic E-state index is 0.00353. The number of nitrogens with one attached hydrogen (secondary N) is 1. The number of carboxylic acid groups (broad SMARTS) is 1. The number of hydrogen-bond acceptors (Lipinski definition) is 6. The van der Waals surface area contributed by atoms with E-state index >= 15 is 0 Å². The van der Waals surface area contributed by atoms with Crippen molar-refractivity contribution in [3.63, 3.8) is 0 Å². The molecule has 0 radical (unpaired) electrons. The van der Waals surface area contributed by atoms with E-state index in [9.17, 15) is 18.0 Å². The number of sulfonamides is 1. The predicted molar refractivity (Wildman–Crippen MR) is 85.6 cm³/mol. The first-order valence-corrected chi connectivity index (χ1v) is 8.85. The minimum Gasteiger partial charge on any atom is -0.495 e. The molecule has 0 saturated heterocycles. The Morgan fingerprint density at radius 2 is 1.96 bits per heavy atom. The lowest BCUT2D eigenvalue weighted by molar-refractivity contribution is -0.139. The molecule has 1 aromatic rings. The third-order valence-electron chi connectivity index (χ3n) is 3.14. The summed E-state index contributed by atoms with van der Waals surface area (Å²) in [6.45, 7) is 3.51. The molecule has 1 rings (SSSR count). The van der Waals surface area contributed by atoms with Crippen LogP contribution in [0.2, 0.25) is 0 Å². The molecular weight excluding hydrogens is 338 g/mol. The van der Waals surface area contributed by atoms with Crippen molar-refractivity contribution in [2.24, 2.45) is 0 Å². The maximum atomic E-state index is 12.5. The maximum absolute atomic E-state index is 12.5. The molecule has 0 aliphatic rings. The van der Waals surface area contributed by atoms with Gasteiger partial charge in [-0.1, -0.05) is 13.3 Å². The van der Waals surface area contributed by atoms with Crippen molar-refractivity contribution in [1.82, 2.24) is 4.72 Å². The maximum Gasteiger partial charge on any atom is 0.338 e. The second-order valence-corrected chi connectivity index (χ2v) is 6.57. The molecule has 9 heteroatoms. The van der Waals surface area contributed by atoms with E-state index in [1.165, 1.54) is 19.2 Å². The van der Waals surface area contributed by atoms with Crippen LogP contribution in [0.25, 0.3) is 0 Å². The van der Waals surface area contributed by atoms with Gasteiger partial charge in [0, 0.05) is 0 Å². The summed E-state index contributed by atoms with van der Waals surface area (Å²) in [5.41, 5.74) is 0.0281. The van der Waals surface area contributed by atoms with Crippen LogP contribution in [0.5, 0.6) is 5.75 Å². The number of carbonyl (C=O) groups excluding carboxylic acids is 1. The predicted octanol–water partition coefficient (Wildman–Crippen LogP) is 1.40. The highest BCUT2D eigenvalue weighted by Gasteiger charge is 2.28. The molecule has 0 aliphatic heterocycles. The molecule has 8 nitrogen and oxygen atoms in total. The van der Waals surface area contributed by atoms with Crippen LogP contribution in [-0.4, -0.2) is 45.2 Å². The number of benzene rings is 1. The third-order valence-corrected chi connectivity index (χ3v) is 4.63. The smallest absolute Gasteiger partial charge is 0.338 e. The molecule has 1 aromatic carbocycles. The lowest BCUT2D eigenvalue weighted by Gasteiger charge is -2.16. The molecule has 0 fully saturated rings. The number of ether oxygens (including phenoxy) is 2. The van der Waals surface area contributed by atoms with E-state index in [0.717, 1.165) is 6.07 Å². The second kappa shape index (κ2) is 8.65. The largest absolute Gasteiger partial charge is 0.495 e. The number of hydrogen-bond donors (Lipinski definition) is 2. The van der Waals surface area contributed by atoms with Crippen molar-refractivity contribution < 1.29 is 32.6 Å². The summed E-state index contributed by atoms with van der Waals surface area (Å²) >= 11 is 0. The summed E-state index contributed by atoms with van der Waals surface area (Å²) in [5.74, 6) is -1.96. The van der Waals surface area contributed by atoms with E-state index in [1.807, 2.05) is 0 Å². The number of carbonyl (C=O) groups is 2. The molecule has 0 bridgehead atoms. The van der Waals surface area contributed by atoms with Gasteiger partial charge in [-0.15, -0.1) is 0 Å². The van der Waals surface area contributed by atoms with Crippen molar-refractivity contribution in [2.75, 3.05) is 13.7 Å². The van der Waals surface area contributed by atoms with E-state index in [2.05, 4.69) is 4.72 Å². The van der Waals surface area contributed by atoms with Gasteiger partial charge in [-0.05, 0) is 31.5 Å². The molecule has 2 N–H and O–H groups in total. The Morgan fingerprint density at radius 1 is 1.29 bits per heavy atom. The average molecular weight is 359 g/mol. The third kappa shape index (κ3) is 4.93. The highest BCUT2D eigenvalue weighted by atomic mass is 32.2. The molecule has 0 amide bonds. The average Bonchev–Trinajstić information content (AvgIpc) is 2.53. The van der Waals surface area contributed by atoms with Gasteiger partial charge in [0.15, 0.2) is 0 Å². The molecule has 24 heavy (non-hydrogen) atoms. The van der Waals surface area contributed by atoms with Crippen LogP contribution in [0.4, 0.5) is 0 Å². The number of esters is 1. The van der Waals surface area contributed by atoms with Gasteiger partial charge in [0.1, 0.15) is 16.7 Å². The van der Waals surface area contributed by atoms with Gasteiger partial charge in [0.2, 0.25) is 10.0 Å². The van der Waals surface area contributed by atoms with Crippen molar-refractivity contribution in [1.29, 1.82) is 0 Å².